The fourth-order valence-corrected chi connectivity index (χ4v) is 4.98. The predicted molar refractivity (Wildman–Crippen MR) is 97.4 cm³/mol. The van der Waals surface area contributed by atoms with Crippen LogP contribution in [0.15, 0.2) is 30.3 Å². The van der Waals surface area contributed by atoms with Gasteiger partial charge in [0.2, 0.25) is 10.0 Å². The number of para-hydroxylation sites is 1. The van der Waals surface area contributed by atoms with Crippen LogP contribution < -0.4 is 4.74 Å². The minimum absolute atomic E-state index is 0.00625. The Hall–Kier alpha value is -1.64. The van der Waals surface area contributed by atoms with Gasteiger partial charge in [-0.2, -0.15) is 4.31 Å². The van der Waals surface area contributed by atoms with Crippen molar-refractivity contribution in [1.29, 1.82) is 0 Å². The van der Waals surface area contributed by atoms with Crippen molar-refractivity contribution < 1.29 is 22.7 Å². The number of hydrogen-bond donors (Lipinski definition) is 0. The highest BCUT2D eigenvalue weighted by atomic mass is 32.2. The lowest BCUT2D eigenvalue weighted by Gasteiger charge is -2.41. The first-order chi connectivity index (χ1) is 12.5. The van der Waals surface area contributed by atoms with Crippen molar-refractivity contribution in [3.8, 4) is 5.75 Å². The number of amides is 1. The zero-order valence-corrected chi connectivity index (χ0v) is 15.9. The summed E-state index contributed by atoms with van der Waals surface area (Å²) >= 11 is 0. The van der Waals surface area contributed by atoms with Gasteiger partial charge in [0.1, 0.15) is 5.75 Å². The molecule has 0 aromatic heterocycles. The van der Waals surface area contributed by atoms with Gasteiger partial charge in [-0.05, 0) is 25.5 Å². The highest BCUT2D eigenvalue weighted by Crippen LogP contribution is 2.27. The maximum atomic E-state index is 12.5. The van der Waals surface area contributed by atoms with Crippen LogP contribution in [0.5, 0.6) is 5.75 Å². The van der Waals surface area contributed by atoms with Crippen LogP contribution >= 0.6 is 0 Å². The van der Waals surface area contributed by atoms with Gasteiger partial charge in [0.15, 0.2) is 6.61 Å². The number of nitrogens with zero attached hydrogens (tertiary/aromatic N) is 2. The average molecular weight is 382 g/mol. The molecule has 0 N–H and O–H groups in total. The molecule has 2 atom stereocenters. The van der Waals surface area contributed by atoms with Gasteiger partial charge < -0.3 is 14.4 Å². The second-order valence-corrected chi connectivity index (χ2v) is 8.85. The van der Waals surface area contributed by atoms with Crippen LogP contribution in [0, 0.1) is 5.92 Å². The lowest BCUT2D eigenvalue weighted by molar-refractivity contribution is -0.136. The van der Waals surface area contributed by atoms with Crippen LogP contribution in [0.1, 0.15) is 13.3 Å². The Morgan fingerprint density at radius 1 is 1.27 bits per heavy atom. The third kappa shape index (κ3) is 4.36. The van der Waals surface area contributed by atoms with E-state index in [0.29, 0.717) is 45.0 Å². The summed E-state index contributed by atoms with van der Waals surface area (Å²) < 4.78 is 37.6. The van der Waals surface area contributed by atoms with Gasteiger partial charge in [0.05, 0.1) is 19.0 Å². The molecule has 2 heterocycles. The summed E-state index contributed by atoms with van der Waals surface area (Å²) in [6.07, 6.45) is 0.629. The van der Waals surface area contributed by atoms with Crippen LogP contribution in [0.2, 0.25) is 0 Å². The van der Waals surface area contributed by atoms with Gasteiger partial charge in [-0.1, -0.05) is 18.2 Å². The monoisotopic (exact) mass is 382 g/mol. The number of fused-ring (bicyclic) bond motifs is 1. The highest BCUT2D eigenvalue weighted by Gasteiger charge is 2.40. The van der Waals surface area contributed by atoms with Crippen LogP contribution in [0.4, 0.5) is 0 Å². The molecule has 144 valence electrons. The maximum Gasteiger partial charge on any atom is 0.260 e. The normalized spacial score (nSPS) is 24.6. The molecule has 7 nitrogen and oxygen atoms in total. The summed E-state index contributed by atoms with van der Waals surface area (Å²) in [5, 5.41) is 0. The molecule has 8 heteroatoms. The van der Waals surface area contributed by atoms with Crippen molar-refractivity contribution in [3.63, 3.8) is 0 Å². The second kappa shape index (κ2) is 8.37. The van der Waals surface area contributed by atoms with Crippen molar-refractivity contribution in [2.24, 2.45) is 5.92 Å². The van der Waals surface area contributed by atoms with Gasteiger partial charge in [-0.25, -0.2) is 8.42 Å². The number of carbonyl (C=O) groups excluding carboxylic acids is 1. The molecule has 2 unspecified atom stereocenters. The fourth-order valence-electron chi connectivity index (χ4n) is 3.61. The van der Waals surface area contributed by atoms with Crippen molar-refractivity contribution in [2.75, 3.05) is 45.2 Å². The summed E-state index contributed by atoms with van der Waals surface area (Å²) in [4.78, 5) is 14.3. The number of rotatable bonds is 5. The number of piperidine rings is 1. The molecule has 0 saturated carbocycles. The lowest BCUT2D eigenvalue weighted by Crippen LogP contribution is -2.55. The third-order valence-electron chi connectivity index (χ3n) is 5.03. The van der Waals surface area contributed by atoms with E-state index in [0.717, 1.165) is 0 Å². The van der Waals surface area contributed by atoms with E-state index in [-0.39, 0.29) is 30.2 Å². The Labute approximate surface area is 154 Å². The predicted octanol–water partition coefficient (Wildman–Crippen LogP) is 0.964. The molecule has 2 fully saturated rings. The molecule has 1 aromatic carbocycles. The van der Waals surface area contributed by atoms with Gasteiger partial charge >= 0.3 is 0 Å². The van der Waals surface area contributed by atoms with E-state index in [1.807, 2.05) is 30.3 Å². The smallest absolute Gasteiger partial charge is 0.260 e. The Bertz CT molecular complexity index is 710. The summed E-state index contributed by atoms with van der Waals surface area (Å²) in [6, 6.07) is 9.13. The van der Waals surface area contributed by atoms with E-state index in [1.165, 1.54) is 0 Å². The standard InChI is InChI=1S/C18H26N2O5S/c1-2-26(22,23)20-10-11-24-13-15-12-19(9-8-17(15)20)18(21)14-25-16-6-4-3-5-7-16/h3-7,15,17H,2,8-14H2,1H3. The quantitative estimate of drug-likeness (QED) is 0.758. The minimum atomic E-state index is -3.27. The van der Waals surface area contributed by atoms with E-state index in [1.54, 1.807) is 16.1 Å². The molecular formula is C18H26N2O5S. The molecule has 26 heavy (non-hydrogen) atoms. The zero-order chi connectivity index (χ0) is 18.6. The van der Waals surface area contributed by atoms with Gasteiger partial charge in [-0.3, -0.25) is 4.79 Å². The number of carbonyl (C=O) groups is 1. The summed E-state index contributed by atoms with van der Waals surface area (Å²) in [6.45, 7) is 3.95. The fraction of sp³-hybridized carbons (Fsp3) is 0.611. The second-order valence-electron chi connectivity index (χ2n) is 6.64. The van der Waals surface area contributed by atoms with Crippen molar-refractivity contribution in [1.82, 2.24) is 9.21 Å². The molecule has 1 amide bonds. The van der Waals surface area contributed by atoms with E-state index < -0.39 is 10.0 Å². The van der Waals surface area contributed by atoms with Crippen LogP contribution in [-0.2, 0) is 19.6 Å². The average Bonchev–Trinajstić information content (AvgIpc) is 2.89. The van der Waals surface area contributed by atoms with Crippen LogP contribution in [0.25, 0.3) is 0 Å². The molecule has 0 spiro atoms. The molecule has 2 aliphatic rings. The molecule has 0 radical (unpaired) electrons. The number of ether oxygens (including phenoxy) is 2. The SMILES string of the molecule is CCS(=O)(=O)N1CCOCC2CN(C(=O)COc3ccccc3)CCC21. The van der Waals surface area contributed by atoms with Gasteiger partial charge in [0.25, 0.3) is 5.91 Å². The molecule has 1 aromatic rings. The van der Waals surface area contributed by atoms with E-state index >= 15 is 0 Å². The zero-order valence-electron chi connectivity index (χ0n) is 15.0. The Balaban J connectivity index is 1.62. The molecular weight excluding hydrogens is 356 g/mol. The van der Waals surface area contributed by atoms with Crippen molar-refractivity contribution in [3.05, 3.63) is 30.3 Å². The highest BCUT2D eigenvalue weighted by molar-refractivity contribution is 7.89. The first-order valence-corrected chi connectivity index (χ1v) is 10.6. The largest absolute Gasteiger partial charge is 0.484 e. The molecule has 0 bridgehead atoms. The number of likely N-dealkylation sites (tertiary alicyclic amines) is 1. The number of sulfonamides is 1. The van der Waals surface area contributed by atoms with Crippen LogP contribution in [-0.4, -0.2) is 74.8 Å². The first-order valence-electron chi connectivity index (χ1n) is 9.04. The molecule has 2 aliphatic heterocycles. The molecule has 2 saturated heterocycles. The summed E-state index contributed by atoms with van der Waals surface area (Å²) in [5.74, 6) is 0.660. The van der Waals surface area contributed by atoms with Gasteiger partial charge in [-0.15, -0.1) is 0 Å². The van der Waals surface area contributed by atoms with E-state index in [4.69, 9.17) is 9.47 Å². The topological polar surface area (TPSA) is 76.2 Å². The molecule has 3 rings (SSSR count). The Morgan fingerprint density at radius 2 is 2.04 bits per heavy atom. The van der Waals surface area contributed by atoms with Crippen molar-refractivity contribution >= 4 is 15.9 Å². The lowest BCUT2D eigenvalue weighted by atomic mass is 9.93. The third-order valence-corrected chi connectivity index (χ3v) is 6.93. The first kappa shape index (κ1) is 19.1. The number of benzene rings is 1. The van der Waals surface area contributed by atoms with Gasteiger partial charge in [0, 0.05) is 31.6 Å². The summed E-state index contributed by atoms with van der Waals surface area (Å²) in [5.41, 5.74) is 0. The minimum Gasteiger partial charge on any atom is -0.484 e. The van der Waals surface area contributed by atoms with Crippen LogP contribution in [0.3, 0.4) is 0 Å². The van der Waals surface area contributed by atoms with E-state index in [2.05, 4.69) is 0 Å². The van der Waals surface area contributed by atoms with E-state index in [9.17, 15) is 13.2 Å². The number of hydrogen-bond acceptors (Lipinski definition) is 5. The Morgan fingerprint density at radius 3 is 2.77 bits per heavy atom. The maximum absolute atomic E-state index is 12.5. The summed E-state index contributed by atoms with van der Waals surface area (Å²) in [7, 11) is -3.27. The molecule has 0 aliphatic carbocycles. The van der Waals surface area contributed by atoms with Crippen molar-refractivity contribution in [2.45, 2.75) is 19.4 Å². The Kier molecular flexibility index (Phi) is 6.16.